The van der Waals surface area contributed by atoms with Crippen LogP contribution in [0.5, 0.6) is 5.75 Å². The van der Waals surface area contributed by atoms with Crippen molar-refractivity contribution in [3.8, 4) is 5.75 Å². The molecule has 0 aromatic heterocycles. The Labute approximate surface area is 122 Å². The topological polar surface area (TPSA) is 72.6 Å². The summed E-state index contributed by atoms with van der Waals surface area (Å²) in [6.07, 6.45) is 1.40. The lowest BCUT2D eigenvalue weighted by molar-refractivity contribution is -0.135. The largest absolute Gasteiger partial charge is 0.490 e. The lowest BCUT2D eigenvalue weighted by Gasteiger charge is -2.30. The van der Waals surface area contributed by atoms with Crippen molar-refractivity contribution in [3.05, 3.63) is 30.1 Å². The second kappa shape index (κ2) is 7.06. The number of primary amides is 1. The molecule has 0 spiro atoms. The van der Waals surface area contributed by atoms with E-state index in [-0.39, 0.29) is 36.5 Å². The standard InChI is InChI=1S/C15H19FN2O3/c16-12-3-1-2-4-13(12)21-10-7-14(19)18-8-5-11(6-9-18)15(17)20/h1-4,11H,5-10H2,(H2,17,20). The van der Waals surface area contributed by atoms with E-state index >= 15 is 0 Å². The third-order valence-electron chi connectivity index (χ3n) is 3.66. The molecule has 1 saturated heterocycles. The van der Waals surface area contributed by atoms with Crippen molar-refractivity contribution in [3.63, 3.8) is 0 Å². The van der Waals surface area contributed by atoms with Crippen LogP contribution in [0, 0.1) is 11.7 Å². The van der Waals surface area contributed by atoms with Gasteiger partial charge in [0.1, 0.15) is 0 Å². The molecule has 21 heavy (non-hydrogen) atoms. The van der Waals surface area contributed by atoms with Crippen LogP contribution in [-0.2, 0) is 9.59 Å². The fourth-order valence-electron chi connectivity index (χ4n) is 2.38. The van der Waals surface area contributed by atoms with Gasteiger partial charge in [-0.1, -0.05) is 12.1 Å². The van der Waals surface area contributed by atoms with Crippen LogP contribution in [0.2, 0.25) is 0 Å². The van der Waals surface area contributed by atoms with Crippen LogP contribution in [-0.4, -0.2) is 36.4 Å². The lowest BCUT2D eigenvalue weighted by Crippen LogP contribution is -2.42. The molecule has 0 bridgehead atoms. The van der Waals surface area contributed by atoms with Gasteiger partial charge < -0.3 is 15.4 Å². The summed E-state index contributed by atoms with van der Waals surface area (Å²) in [5.41, 5.74) is 5.25. The van der Waals surface area contributed by atoms with E-state index in [0.717, 1.165) is 0 Å². The number of hydrogen-bond donors (Lipinski definition) is 1. The number of piperidine rings is 1. The van der Waals surface area contributed by atoms with Crippen LogP contribution < -0.4 is 10.5 Å². The molecule has 6 heteroatoms. The van der Waals surface area contributed by atoms with E-state index in [1.807, 2.05) is 0 Å². The summed E-state index contributed by atoms with van der Waals surface area (Å²) in [4.78, 5) is 24.7. The van der Waals surface area contributed by atoms with Crippen LogP contribution in [0.1, 0.15) is 19.3 Å². The van der Waals surface area contributed by atoms with Gasteiger partial charge in [-0.2, -0.15) is 0 Å². The van der Waals surface area contributed by atoms with Gasteiger partial charge in [-0.15, -0.1) is 0 Å². The molecular weight excluding hydrogens is 275 g/mol. The van der Waals surface area contributed by atoms with Crippen molar-refractivity contribution < 1.29 is 18.7 Å². The summed E-state index contributed by atoms with van der Waals surface area (Å²) in [6, 6.07) is 6.09. The predicted molar refractivity (Wildman–Crippen MR) is 75.0 cm³/mol. The summed E-state index contributed by atoms with van der Waals surface area (Å²) in [7, 11) is 0. The molecule has 2 N–H and O–H groups in total. The van der Waals surface area contributed by atoms with E-state index in [4.69, 9.17) is 10.5 Å². The summed E-state index contributed by atoms with van der Waals surface area (Å²) in [6.45, 7) is 1.20. The average molecular weight is 294 g/mol. The first-order valence-corrected chi connectivity index (χ1v) is 7.02. The number of nitrogens with zero attached hydrogens (tertiary/aromatic N) is 1. The maximum absolute atomic E-state index is 13.3. The minimum Gasteiger partial charge on any atom is -0.490 e. The van der Waals surface area contributed by atoms with Gasteiger partial charge in [0, 0.05) is 19.0 Å². The third kappa shape index (κ3) is 4.18. The average Bonchev–Trinajstić information content (AvgIpc) is 2.49. The van der Waals surface area contributed by atoms with Crippen molar-refractivity contribution in [2.24, 2.45) is 11.7 Å². The lowest BCUT2D eigenvalue weighted by atomic mass is 9.96. The van der Waals surface area contributed by atoms with Gasteiger partial charge in [0.05, 0.1) is 13.0 Å². The molecule has 0 atom stereocenters. The van der Waals surface area contributed by atoms with E-state index < -0.39 is 5.82 Å². The highest BCUT2D eigenvalue weighted by Crippen LogP contribution is 2.18. The molecule has 0 saturated carbocycles. The fraction of sp³-hybridized carbons (Fsp3) is 0.467. The number of carbonyl (C=O) groups is 2. The predicted octanol–water partition coefficient (Wildman–Crippen LogP) is 1.32. The number of likely N-dealkylation sites (tertiary alicyclic amines) is 1. The Kier molecular flexibility index (Phi) is 5.14. The second-order valence-corrected chi connectivity index (χ2v) is 5.09. The molecule has 5 nitrogen and oxygen atoms in total. The maximum atomic E-state index is 13.3. The van der Waals surface area contributed by atoms with E-state index in [9.17, 15) is 14.0 Å². The van der Waals surface area contributed by atoms with E-state index in [0.29, 0.717) is 25.9 Å². The summed E-state index contributed by atoms with van der Waals surface area (Å²) < 4.78 is 18.6. The van der Waals surface area contributed by atoms with Crippen LogP contribution >= 0.6 is 0 Å². The van der Waals surface area contributed by atoms with Gasteiger partial charge in [-0.05, 0) is 25.0 Å². The van der Waals surface area contributed by atoms with Gasteiger partial charge in [0.25, 0.3) is 0 Å². The SMILES string of the molecule is NC(=O)C1CCN(C(=O)CCOc2ccccc2F)CC1. The molecule has 1 aromatic carbocycles. The van der Waals surface area contributed by atoms with Gasteiger partial charge in [0.15, 0.2) is 11.6 Å². The number of carbonyl (C=O) groups excluding carboxylic acids is 2. The number of ether oxygens (including phenoxy) is 1. The third-order valence-corrected chi connectivity index (χ3v) is 3.66. The van der Waals surface area contributed by atoms with Crippen LogP contribution in [0.4, 0.5) is 4.39 Å². The van der Waals surface area contributed by atoms with Crippen LogP contribution in [0.25, 0.3) is 0 Å². The van der Waals surface area contributed by atoms with Gasteiger partial charge in [0.2, 0.25) is 11.8 Å². The summed E-state index contributed by atoms with van der Waals surface area (Å²) in [5, 5.41) is 0. The first-order chi connectivity index (χ1) is 10.1. The van der Waals surface area contributed by atoms with Crippen LogP contribution in [0.15, 0.2) is 24.3 Å². The Morgan fingerprint density at radius 1 is 1.29 bits per heavy atom. The number of amides is 2. The van der Waals surface area contributed by atoms with E-state index in [2.05, 4.69) is 0 Å². The minimum absolute atomic E-state index is 0.0470. The maximum Gasteiger partial charge on any atom is 0.225 e. The summed E-state index contributed by atoms with van der Waals surface area (Å²) >= 11 is 0. The Morgan fingerprint density at radius 3 is 2.57 bits per heavy atom. The molecule has 1 heterocycles. The number of para-hydroxylation sites is 1. The van der Waals surface area contributed by atoms with Crippen molar-refractivity contribution in [2.45, 2.75) is 19.3 Å². The van der Waals surface area contributed by atoms with Crippen molar-refractivity contribution in [1.82, 2.24) is 4.90 Å². The van der Waals surface area contributed by atoms with Crippen molar-refractivity contribution in [1.29, 1.82) is 0 Å². The number of hydrogen-bond acceptors (Lipinski definition) is 3. The smallest absolute Gasteiger partial charge is 0.225 e. The second-order valence-electron chi connectivity index (χ2n) is 5.09. The Morgan fingerprint density at radius 2 is 1.95 bits per heavy atom. The highest BCUT2D eigenvalue weighted by Gasteiger charge is 2.25. The number of rotatable bonds is 5. The zero-order valence-corrected chi connectivity index (χ0v) is 11.8. The molecular formula is C15H19FN2O3. The zero-order chi connectivity index (χ0) is 15.2. The zero-order valence-electron chi connectivity index (χ0n) is 11.8. The quantitative estimate of drug-likeness (QED) is 0.890. The number of halogens is 1. The molecule has 114 valence electrons. The van der Waals surface area contributed by atoms with E-state index in [1.165, 1.54) is 12.1 Å². The van der Waals surface area contributed by atoms with Crippen molar-refractivity contribution in [2.75, 3.05) is 19.7 Å². The molecule has 1 fully saturated rings. The molecule has 1 aromatic rings. The molecule has 0 unspecified atom stereocenters. The molecule has 0 radical (unpaired) electrons. The number of benzene rings is 1. The normalized spacial score (nSPS) is 15.8. The van der Waals surface area contributed by atoms with Crippen molar-refractivity contribution >= 4 is 11.8 Å². The Balaban J connectivity index is 1.73. The first kappa shape index (κ1) is 15.3. The fourth-order valence-corrected chi connectivity index (χ4v) is 2.38. The first-order valence-electron chi connectivity index (χ1n) is 7.02. The van der Waals surface area contributed by atoms with Gasteiger partial charge in [-0.25, -0.2) is 4.39 Å². The minimum atomic E-state index is -0.438. The molecule has 2 rings (SSSR count). The van der Waals surface area contributed by atoms with E-state index in [1.54, 1.807) is 17.0 Å². The van der Waals surface area contributed by atoms with Crippen LogP contribution in [0.3, 0.4) is 0 Å². The highest BCUT2D eigenvalue weighted by atomic mass is 19.1. The molecule has 2 amide bonds. The number of nitrogens with two attached hydrogens (primary N) is 1. The van der Waals surface area contributed by atoms with Gasteiger partial charge in [-0.3, -0.25) is 9.59 Å². The molecule has 1 aliphatic heterocycles. The summed E-state index contributed by atoms with van der Waals surface area (Å²) in [5.74, 6) is -0.770. The molecule has 0 aliphatic carbocycles. The Bertz CT molecular complexity index is 513. The highest BCUT2D eigenvalue weighted by molar-refractivity contribution is 5.78. The monoisotopic (exact) mass is 294 g/mol. The Hall–Kier alpha value is -2.11. The van der Waals surface area contributed by atoms with Gasteiger partial charge >= 0.3 is 0 Å². The molecule has 1 aliphatic rings.